The fourth-order valence-electron chi connectivity index (χ4n) is 2.67. The summed E-state index contributed by atoms with van der Waals surface area (Å²) in [4.78, 5) is 12.7. The number of rotatable bonds is 9. The Morgan fingerprint density at radius 2 is 1.79 bits per heavy atom. The van der Waals surface area contributed by atoms with Crippen molar-refractivity contribution in [2.45, 2.75) is 38.1 Å². The number of amides is 1. The zero-order chi connectivity index (χ0) is 21.4. The molecule has 0 aliphatic carbocycles. The fraction of sp³-hybridized carbons (Fsp3) is 0.333. The molecule has 8 heteroatoms. The monoisotopic (exact) mass is 417 g/mol. The number of hydrogen-bond acceptors (Lipinski definition) is 5. The Morgan fingerprint density at radius 1 is 1.14 bits per heavy atom. The first-order valence-electron chi connectivity index (χ1n) is 9.28. The Labute approximate surface area is 172 Å². The number of sulfonamides is 1. The van der Waals surface area contributed by atoms with Gasteiger partial charge in [-0.15, -0.1) is 0 Å². The van der Waals surface area contributed by atoms with Crippen LogP contribution in [0.4, 0.5) is 0 Å². The van der Waals surface area contributed by atoms with Crippen molar-refractivity contribution in [3.63, 3.8) is 0 Å². The average Bonchev–Trinajstić information content (AvgIpc) is 2.67. The summed E-state index contributed by atoms with van der Waals surface area (Å²) in [5.74, 6) is 0.189. The summed E-state index contributed by atoms with van der Waals surface area (Å²) in [6.07, 6.45) is 1.79. The van der Waals surface area contributed by atoms with E-state index in [1.54, 1.807) is 31.4 Å². The molecule has 1 amide bonds. The summed E-state index contributed by atoms with van der Waals surface area (Å²) < 4.78 is 33.1. The molecule has 2 aromatic carbocycles. The number of nitrogens with one attached hydrogen (secondary N) is 2. The van der Waals surface area contributed by atoms with Crippen LogP contribution in [0, 0.1) is 12.8 Å². The van der Waals surface area contributed by atoms with E-state index in [4.69, 9.17) is 4.74 Å². The molecule has 0 saturated carbocycles. The quantitative estimate of drug-likeness (QED) is 0.484. The number of hydrogen-bond donors (Lipinski definition) is 2. The van der Waals surface area contributed by atoms with Crippen LogP contribution in [0.15, 0.2) is 58.5 Å². The predicted octanol–water partition coefficient (Wildman–Crippen LogP) is 2.85. The average molecular weight is 418 g/mol. The number of carbonyl (C=O) groups is 1. The van der Waals surface area contributed by atoms with Gasteiger partial charge in [0.25, 0.3) is 5.91 Å². The number of methoxy groups -OCH3 is 1. The van der Waals surface area contributed by atoms with E-state index in [0.29, 0.717) is 17.7 Å². The normalized spacial score (nSPS) is 12.9. The van der Waals surface area contributed by atoms with Crippen LogP contribution in [0.1, 0.15) is 31.4 Å². The Bertz CT molecular complexity index is 954. The molecule has 29 heavy (non-hydrogen) atoms. The first-order valence-corrected chi connectivity index (χ1v) is 10.8. The van der Waals surface area contributed by atoms with Crippen LogP contribution >= 0.6 is 0 Å². The molecule has 7 nitrogen and oxygen atoms in total. The van der Waals surface area contributed by atoms with E-state index in [2.05, 4.69) is 15.2 Å². The van der Waals surface area contributed by atoms with E-state index in [1.807, 2.05) is 32.9 Å². The molecule has 0 unspecified atom stereocenters. The molecule has 0 aromatic heterocycles. The van der Waals surface area contributed by atoms with Crippen LogP contribution in [-0.4, -0.2) is 33.7 Å². The van der Waals surface area contributed by atoms with Gasteiger partial charge in [0.15, 0.2) is 0 Å². The molecule has 0 heterocycles. The van der Waals surface area contributed by atoms with Crippen molar-refractivity contribution in [3.05, 3.63) is 59.7 Å². The summed E-state index contributed by atoms with van der Waals surface area (Å²) in [6, 6.07) is 12.7. The predicted molar refractivity (Wildman–Crippen MR) is 113 cm³/mol. The van der Waals surface area contributed by atoms with E-state index in [0.717, 1.165) is 5.56 Å². The number of aryl methyl sites for hydroxylation is 1. The maximum atomic E-state index is 12.7. The van der Waals surface area contributed by atoms with Crippen molar-refractivity contribution in [2.24, 2.45) is 11.0 Å². The van der Waals surface area contributed by atoms with E-state index >= 15 is 0 Å². The Kier molecular flexibility index (Phi) is 7.92. The van der Waals surface area contributed by atoms with Gasteiger partial charge >= 0.3 is 0 Å². The van der Waals surface area contributed by atoms with Crippen molar-refractivity contribution in [1.82, 2.24) is 10.1 Å². The molecule has 0 bridgehead atoms. The summed E-state index contributed by atoms with van der Waals surface area (Å²) in [6.45, 7) is 5.70. The smallest absolute Gasteiger partial charge is 0.258 e. The zero-order valence-electron chi connectivity index (χ0n) is 17.0. The minimum Gasteiger partial charge on any atom is -0.496 e. The first kappa shape index (κ1) is 22.6. The largest absolute Gasteiger partial charge is 0.496 e. The molecule has 156 valence electrons. The third kappa shape index (κ3) is 6.69. The Hall–Kier alpha value is -2.71. The minimum absolute atomic E-state index is 0.102. The highest BCUT2D eigenvalue weighted by Gasteiger charge is 2.26. The van der Waals surface area contributed by atoms with Crippen LogP contribution in [0.5, 0.6) is 5.75 Å². The number of ether oxygens (including phenoxy) is 1. The van der Waals surface area contributed by atoms with Gasteiger partial charge in [-0.2, -0.15) is 9.82 Å². The van der Waals surface area contributed by atoms with Gasteiger partial charge in [-0.3, -0.25) is 4.79 Å². The molecular weight excluding hydrogens is 390 g/mol. The van der Waals surface area contributed by atoms with Crippen molar-refractivity contribution in [1.29, 1.82) is 0 Å². The standard InChI is InChI=1S/C21H27N3O4S/c1-15(2)13-19(24-29(26,27)18-11-9-16(3)10-12-18)21(25)23-22-14-17-7-5-6-8-20(17)28-4/h5-12,14-15,19,24H,13H2,1-4H3,(H,23,25)/b22-14-/t19-/m1/s1. The van der Waals surface area contributed by atoms with Crippen LogP contribution in [-0.2, 0) is 14.8 Å². The van der Waals surface area contributed by atoms with Gasteiger partial charge < -0.3 is 4.74 Å². The summed E-state index contributed by atoms with van der Waals surface area (Å²) in [5, 5.41) is 3.95. The highest BCUT2D eigenvalue weighted by molar-refractivity contribution is 7.89. The van der Waals surface area contributed by atoms with Crippen LogP contribution in [0.2, 0.25) is 0 Å². The number of nitrogens with zero attached hydrogens (tertiary/aromatic N) is 1. The van der Waals surface area contributed by atoms with Crippen LogP contribution in [0.3, 0.4) is 0 Å². The van der Waals surface area contributed by atoms with Gasteiger partial charge in [-0.25, -0.2) is 13.8 Å². The molecule has 0 aliphatic heterocycles. The third-order valence-electron chi connectivity index (χ3n) is 4.17. The van der Waals surface area contributed by atoms with Crippen molar-refractivity contribution in [3.8, 4) is 5.75 Å². The maximum Gasteiger partial charge on any atom is 0.258 e. The van der Waals surface area contributed by atoms with E-state index in [1.165, 1.54) is 18.3 Å². The lowest BCUT2D eigenvalue weighted by atomic mass is 10.0. The van der Waals surface area contributed by atoms with Crippen molar-refractivity contribution in [2.75, 3.05) is 7.11 Å². The van der Waals surface area contributed by atoms with Gasteiger partial charge in [0.1, 0.15) is 11.8 Å². The number of hydrazone groups is 1. The summed E-state index contributed by atoms with van der Waals surface area (Å²) >= 11 is 0. The fourth-order valence-corrected chi connectivity index (χ4v) is 3.88. The topological polar surface area (TPSA) is 96.9 Å². The Balaban J connectivity index is 2.13. The van der Waals surface area contributed by atoms with Crippen LogP contribution < -0.4 is 14.9 Å². The molecule has 2 N–H and O–H groups in total. The van der Waals surface area contributed by atoms with Gasteiger partial charge in [0, 0.05) is 5.56 Å². The highest BCUT2D eigenvalue weighted by Crippen LogP contribution is 2.15. The van der Waals surface area contributed by atoms with Gasteiger partial charge in [0.2, 0.25) is 10.0 Å². The van der Waals surface area contributed by atoms with Crippen LogP contribution in [0.25, 0.3) is 0 Å². The van der Waals surface area contributed by atoms with Gasteiger partial charge in [0.05, 0.1) is 18.2 Å². The van der Waals surface area contributed by atoms with Crippen molar-refractivity contribution < 1.29 is 17.9 Å². The second-order valence-electron chi connectivity index (χ2n) is 7.09. The molecule has 0 radical (unpaired) electrons. The maximum absolute atomic E-state index is 12.7. The van der Waals surface area contributed by atoms with E-state index in [-0.39, 0.29) is 10.8 Å². The van der Waals surface area contributed by atoms with Gasteiger partial charge in [-0.05, 0) is 43.5 Å². The summed E-state index contributed by atoms with van der Waals surface area (Å²) in [5.41, 5.74) is 4.06. The third-order valence-corrected chi connectivity index (χ3v) is 5.66. The zero-order valence-corrected chi connectivity index (χ0v) is 17.9. The second-order valence-corrected chi connectivity index (χ2v) is 8.81. The molecule has 1 atom stereocenters. The van der Waals surface area contributed by atoms with E-state index in [9.17, 15) is 13.2 Å². The molecule has 2 rings (SSSR count). The highest BCUT2D eigenvalue weighted by atomic mass is 32.2. The SMILES string of the molecule is COc1ccccc1/C=N\NC(=O)[C@@H](CC(C)C)NS(=O)(=O)c1ccc(C)cc1. The molecule has 0 fully saturated rings. The molecule has 0 aliphatic rings. The molecule has 0 spiro atoms. The minimum atomic E-state index is -3.84. The summed E-state index contributed by atoms with van der Waals surface area (Å²) in [7, 11) is -2.29. The lowest BCUT2D eigenvalue weighted by Crippen LogP contribution is -2.46. The second kappa shape index (κ2) is 10.2. The number of carbonyl (C=O) groups excluding carboxylic acids is 1. The van der Waals surface area contributed by atoms with Crippen molar-refractivity contribution >= 4 is 22.1 Å². The molecule has 0 saturated heterocycles. The lowest BCUT2D eigenvalue weighted by Gasteiger charge is -2.19. The first-order chi connectivity index (χ1) is 13.7. The Morgan fingerprint density at radius 3 is 2.41 bits per heavy atom. The molecule has 2 aromatic rings. The number of benzene rings is 2. The molecular formula is C21H27N3O4S. The van der Waals surface area contributed by atoms with Gasteiger partial charge in [-0.1, -0.05) is 43.7 Å². The number of para-hydroxylation sites is 1. The van der Waals surface area contributed by atoms with E-state index < -0.39 is 22.0 Å². The lowest BCUT2D eigenvalue weighted by molar-refractivity contribution is -0.123.